The molecule has 3 rings (SSSR count). The van der Waals surface area contributed by atoms with Crippen molar-refractivity contribution in [3.8, 4) is 5.69 Å². The molecular weight excluding hydrogens is 226 g/mol. The third kappa shape index (κ3) is 1.94. The van der Waals surface area contributed by atoms with Gasteiger partial charge in [-0.15, -0.1) is 0 Å². The van der Waals surface area contributed by atoms with Gasteiger partial charge in [-0.1, -0.05) is 18.2 Å². The number of nitrogens with one attached hydrogen (secondary N) is 1. The van der Waals surface area contributed by atoms with Crippen LogP contribution in [0.2, 0.25) is 0 Å². The lowest BCUT2D eigenvalue weighted by Crippen LogP contribution is -2.40. The molecule has 1 aliphatic rings. The van der Waals surface area contributed by atoms with Crippen LogP contribution in [-0.4, -0.2) is 29.8 Å². The summed E-state index contributed by atoms with van der Waals surface area (Å²) in [6, 6.07) is 8.31. The molecule has 1 aromatic heterocycles. The van der Waals surface area contributed by atoms with Crippen LogP contribution in [0.25, 0.3) is 5.69 Å². The van der Waals surface area contributed by atoms with Gasteiger partial charge in [0.2, 0.25) is 0 Å². The van der Waals surface area contributed by atoms with E-state index in [1.807, 2.05) is 18.6 Å². The molecule has 0 saturated carbocycles. The van der Waals surface area contributed by atoms with Crippen LogP contribution in [-0.2, 0) is 11.3 Å². The molecule has 0 spiro atoms. The first-order valence-electron chi connectivity index (χ1n) is 6.20. The summed E-state index contributed by atoms with van der Waals surface area (Å²) in [5, 5.41) is 3.30. The van der Waals surface area contributed by atoms with Crippen LogP contribution in [0.1, 0.15) is 17.2 Å². The molecule has 1 fully saturated rings. The van der Waals surface area contributed by atoms with Crippen molar-refractivity contribution in [2.75, 3.05) is 20.2 Å². The highest BCUT2D eigenvalue weighted by Gasteiger charge is 2.23. The van der Waals surface area contributed by atoms with E-state index in [-0.39, 0.29) is 0 Å². The van der Waals surface area contributed by atoms with Crippen molar-refractivity contribution >= 4 is 0 Å². The van der Waals surface area contributed by atoms with Crippen molar-refractivity contribution in [3.63, 3.8) is 0 Å². The quantitative estimate of drug-likeness (QED) is 0.888. The first-order valence-corrected chi connectivity index (χ1v) is 6.20. The molecule has 0 atom stereocenters. The van der Waals surface area contributed by atoms with Gasteiger partial charge in [-0.05, 0) is 6.07 Å². The van der Waals surface area contributed by atoms with E-state index in [1.165, 1.54) is 16.9 Å². The molecule has 1 saturated heterocycles. The Morgan fingerprint density at radius 1 is 1.39 bits per heavy atom. The number of imidazole rings is 1. The van der Waals surface area contributed by atoms with Gasteiger partial charge in [0.25, 0.3) is 0 Å². The summed E-state index contributed by atoms with van der Waals surface area (Å²) in [4.78, 5) is 4.30. The van der Waals surface area contributed by atoms with Crippen molar-refractivity contribution in [2.24, 2.45) is 0 Å². The normalized spacial score (nSPS) is 15.6. The molecule has 4 heteroatoms. The van der Waals surface area contributed by atoms with Gasteiger partial charge in [0, 0.05) is 43.6 Å². The molecule has 0 unspecified atom stereocenters. The number of hydrogen-bond acceptors (Lipinski definition) is 3. The van der Waals surface area contributed by atoms with Crippen molar-refractivity contribution < 1.29 is 4.74 Å². The van der Waals surface area contributed by atoms with Crippen LogP contribution < -0.4 is 5.32 Å². The summed E-state index contributed by atoms with van der Waals surface area (Å²) < 4.78 is 7.44. The van der Waals surface area contributed by atoms with E-state index in [9.17, 15) is 0 Å². The summed E-state index contributed by atoms with van der Waals surface area (Å²) in [5.74, 6) is 0.572. The van der Waals surface area contributed by atoms with Gasteiger partial charge in [-0.2, -0.15) is 0 Å². The first kappa shape index (κ1) is 11.4. The Labute approximate surface area is 107 Å². The smallest absolute Gasteiger partial charge is 0.0994 e. The van der Waals surface area contributed by atoms with E-state index in [4.69, 9.17) is 4.74 Å². The minimum atomic E-state index is 0.572. The summed E-state index contributed by atoms with van der Waals surface area (Å²) in [6.45, 7) is 2.70. The lowest BCUT2D eigenvalue weighted by molar-refractivity contribution is 0.184. The number of rotatable bonds is 4. The Hall–Kier alpha value is -1.65. The highest BCUT2D eigenvalue weighted by molar-refractivity contribution is 5.42. The van der Waals surface area contributed by atoms with Gasteiger partial charge < -0.3 is 14.6 Å². The molecule has 0 bridgehead atoms. The van der Waals surface area contributed by atoms with E-state index in [1.54, 1.807) is 7.11 Å². The van der Waals surface area contributed by atoms with Crippen LogP contribution in [0, 0.1) is 0 Å². The number of benzene rings is 1. The summed E-state index contributed by atoms with van der Waals surface area (Å²) in [5.41, 5.74) is 3.63. The van der Waals surface area contributed by atoms with Gasteiger partial charge in [-0.3, -0.25) is 0 Å². The molecular formula is C14H17N3O. The molecule has 2 aromatic rings. The number of nitrogens with zero attached hydrogens (tertiary/aromatic N) is 2. The molecule has 1 aliphatic heterocycles. The topological polar surface area (TPSA) is 39.1 Å². The Morgan fingerprint density at radius 3 is 2.94 bits per heavy atom. The van der Waals surface area contributed by atoms with Crippen molar-refractivity contribution in [2.45, 2.75) is 12.5 Å². The van der Waals surface area contributed by atoms with Crippen LogP contribution in [0.5, 0.6) is 0 Å². The minimum Gasteiger partial charge on any atom is -0.380 e. The maximum absolute atomic E-state index is 5.26. The number of hydrogen-bond donors (Lipinski definition) is 1. The van der Waals surface area contributed by atoms with Gasteiger partial charge in [0.05, 0.1) is 18.6 Å². The summed E-state index contributed by atoms with van der Waals surface area (Å²) >= 11 is 0. The maximum Gasteiger partial charge on any atom is 0.0994 e. The second-order valence-electron chi connectivity index (χ2n) is 4.61. The fourth-order valence-corrected chi connectivity index (χ4v) is 2.33. The fourth-order valence-electron chi connectivity index (χ4n) is 2.33. The van der Waals surface area contributed by atoms with Crippen molar-refractivity contribution in [3.05, 3.63) is 48.0 Å². The summed E-state index contributed by atoms with van der Waals surface area (Å²) in [7, 11) is 1.72. The predicted molar refractivity (Wildman–Crippen MR) is 69.9 cm³/mol. The Kier molecular flexibility index (Phi) is 3.13. The third-order valence-corrected chi connectivity index (χ3v) is 3.42. The van der Waals surface area contributed by atoms with Gasteiger partial charge >= 0.3 is 0 Å². The monoisotopic (exact) mass is 243 g/mol. The molecule has 0 aliphatic carbocycles. The molecule has 18 heavy (non-hydrogen) atoms. The second kappa shape index (κ2) is 4.92. The van der Waals surface area contributed by atoms with E-state index in [2.05, 4.69) is 33.1 Å². The predicted octanol–water partition coefficient (Wildman–Crippen LogP) is 1.71. The van der Waals surface area contributed by atoms with Gasteiger partial charge in [0.15, 0.2) is 0 Å². The van der Waals surface area contributed by atoms with Gasteiger partial charge in [-0.25, -0.2) is 4.98 Å². The van der Waals surface area contributed by atoms with Crippen molar-refractivity contribution in [1.82, 2.24) is 14.9 Å². The van der Waals surface area contributed by atoms with E-state index < -0.39 is 0 Å². The molecule has 2 heterocycles. The highest BCUT2D eigenvalue weighted by Crippen LogP contribution is 2.24. The van der Waals surface area contributed by atoms with Gasteiger partial charge in [0.1, 0.15) is 0 Å². The van der Waals surface area contributed by atoms with E-state index in [0.29, 0.717) is 12.5 Å². The van der Waals surface area contributed by atoms with E-state index in [0.717, 1.165) is 13.1 Å². The first-order chi connectivity index (χ1) is 8.90. The zero-order valence-electron chi connectivity index (χ0n) is 10.5. The minimum absolute atomic E-state index is 0.572. The lowest BCUT2D eigenvalue weighted by Gasteiger charge is -2.28. The molecule has 4 nitrogen and oxygen atoms in total. The largest absolute Gasteiger partial charge is 0.380 e. The molecule has 0 radical (unpaired) electrons. The second-order valence-corrected chi connectivity index (χ2v) is 4.61. The Bertz CT molecular complexity index is 531. The number of para-hydroxylation sites is 1. The molecule has 0 amide bonds. The van der Waals surface area contributed by atoms with E-state index >= 15 is 0 Å². The van der Waals surface area contributed by atoms with Crippen LogP contribution in [0.3, 0.4) is 0 Å². The van der Waals surface area contributed by atoms with Crippen LogP contribution >= 0.6 is 0 Å². The van der Waals surface area contributed by atoms with Crippen LogP contribution in [0.4, 0.5) is 0 Å². The SMILES string of the molecule is COCc1ccccc1-n1cncc1C1CNC1. The highest BCUT2D eigenvalue weighted by atomic mass is 16.5. The molecule has 94 valence electrons. The lowest BCUT2D eigenvalue weighted by atomic mass is 9.99. The Morgan fingerprint density at radius 2 is 2.22 bits per heavy atom. The third-order valence-electron chi connectivity index (χ3n) is 3.42. The zero-order valence-corrected chi connectivity index (χ0v) is 10.5. The average Bonchev–Trinajstić information content (AvgIpc) is 2.77. The fraction of sp³-hybridized carbons (Fsp3) is 0.357. The molecule has 1 aromatic carbocycles. The average molecular weight is 243 g/mol. The van der Waals surface area contributed by atoms with Crippen LogP contribution in [0.15, 0.2) is 36.8 Å². The Balaban J connectivity index is 2.01. The number of aromatic nitrogens is 2. The summed E-state index contributed by atoms with van der Waals surface area (Å²) in [6.07, 6.45) is 3.86. The number of ether oxygens (including phenoxy) is 1. The van der Waals surface area contributed by atoms with Crippen molar-refractivity contribution in [1.29, 1.82) is 0 Å². The maximum atomic E-state index is 5.26. The molecule has 1 N–H and O–H groups in total. The number of methoxy groups -OCH3 is 1. The standard InChI is InChI=1S/C14H17N3O/c1-18-9-11-4-2-3-5-13(11)17-10-16-8-14(17)12-6-15-7-12/h2-5,8,10,12,15H,6-7,9H2,1H3. The zero-order chi connectivity index (χ0) is 12.4.